The summed E-state index contributed by atoms with van der Waals surface area (Å²) in [6.07, 6.45) is 2.14. The van der Waals surface area contributed by atoms with Crippen molar-refractivity contribution in [2.24, 2.45) is 7.05 Å². The molecule has 0 radical (unpaired) electrons. The van der Waals surface area contributed by atoms with Gasteiger partial charge in [-0.3, -0.25) is 9.67 Å². The molecule has 7 aromatic rings. The average Bonchev–Trinajstić information content (AvgIpc) is 3.68. The predicted molar refractivity (Wildman–Crippen MR) is 166 cm³/mol. The third-order valence-electron chi connectivity index (χ3n) is 6.96. The molecule has 0 atom stereocenters. The Labute approximate surface area is 259 Å². The number of nitrogens with one attached hydrogen (secondary N) is 1. The van der Waals surface area contributed by atoms with E-state index in [1.165, 1.54) is 0 Å². The summed E-state index contributed by atoms with van der Waals surface area (Å²) in [5.41, 5.74) is 7.71. The molecule has 3 aromatic carbocycles. The van der Waals surface area contributed by atoms with Gasteiger partial charge in [-0.05, 0) is 61.0 Å². The molecule has 14 heteroatoms. The maximum absolute atomic E-state index is 10.6. The Balaban J connectivity index is 0.000000480. The Morgan fingerprint density at radius 3 is 2.35 bits per heavy atom. The van der Waals surface area contributed by atoms with E-state index in [1.54, 1.807) is 17.2 Å². The van der Waals surface area contributed by atoms with Crippen LogP contribution in [0.25, 0.3) is 50.0 Å². The van der Waals surface area contributed by atoms with Gasteiger partial charge in [-0.1, -0.05) is 24.3 Å². The maximum Gasteiger partial charge on any atom is 0.490 e. The number of hydrogen-bond acceptors (Lipinski definition) is 8. The number of nitrogens with zero attached hydrogens (tertiary/aromatic N) is 8. The Morgan fingerprint density at radius 2 is 1.63 bits per heavy atom. The van der Waals surface area contributed by atoms with Crippen molar-refractivity contribution in [2.45, 2.75) is 13.1 Å². The number of anilines is 2. The van der Waals surface area contributed by atoms with E-state index in [0.717, 1.165) is 55.6 Å². The topological polar surface area (TPSA) is 137 Å². The highest BCUT2D eigenvalue weighted by Gasteiger charge is 2.38. The van der Waals surface area contributed by atoms with Crippen molar-refractivity contribution >= 4 is 39.4 Å². The lowest BCUT2D eigenvalue weighted by Crippen LogP contribution is -2.21. The van der Waals surface area contributed by atoms with Crippen LogP contribution in [0.3, 0.4) is 0 Å². The van der Waals surface area contributed by atoms with Gasteiger partial charge in [-0.15, -0.1) is 5.10 Å². The van der Waals surface area contributed by atoms with E-state index in [1.807, 2.05) is 79.6 Å². The molecular formula is C32H24F3N9O2. The van der Waals surface area contributed by atoms with Crippen LogP contribution in [0.5, 0.6) is 0 Å². The van der Waals surface area contributed by atoms with Gasteiger partial charge < -0.3 is 10.4 Å². The molecule has 11 nitrogen and oxygen atoms in total. The second-order valence-corrected chi connectivity index (χ2v) is 10.2. The van der Waals surface area contributed by atoms with Crippen LogP contribution in [-0.4, -0.2) is 56.7 Å². The van der Waals surface area contributed by atoms with Gasteiger partial charge in [0.1, 0.15) is 6.33 Å². The molecule has 0 unspecified atom stereocenters. The summed E-state index contributed by atoms with van der Waals surface area (Å²) in [4.78, 5) is 27.1. The molecule has 0 aliphatic rings. The summed E-state index contributed by atoms with van der Waals surface area (Å²) in [5.74, 6) is -1.60. The summed E-state index contributed by atoms with van der Waals surface area (Å²) in [6, 6.07) is 24.3. The van der Waals surface area contributed by atoms with Crippen LogP contribution in [0.1, 0.15) is 5.69 Å². The van der Waals surface area contributed by atoms with Crippen molar-refractivity contribution in [1.82, 2.24) is 39.5 Å². The third kappa shape index (κ3) is 6.36. The molecule has 46 heavy (non-hydrogen) atoms. The van der Waals surface area contributed by atoms with Crippen LogP contribution in [-0.2, 0) is 11.8 Å². The van der Waals surface area contributed by atoms with Gasteiger partial charge in [-0.25, -0.2) is 24.4 Å². The molecule has 0 spiro atoms. The van der Waals surface area contributed by atoms with E-state index in [9.17, 15) is 13.2 Å². The van der Waals surface area contributed by atoms with Crippen molar-refractivity contribution in [2.75, 3.05) is 5.32 Å². The molecule has 0 fully saturated rings. The highest BCUT2D eigenvalue weighted by atomic mass is 19.4. The summed E-state index contributed by atoms with van der Waals surface area (Å²) in [7, 11) is 1.95. The number of carbonyl (C=O) groups is 1. The van der Waals surface area contributed by atoms with Crippen LogP contribution in [0.2, 0.25) is 0 Å². The SMILES string of the molecule is Cc1ccc(-c2ncn(-c3ccc(Nc4ncc5cccc(-c6ccc7c(cnn7C)c6)c5n4)cc3)n2)cn1.O=C(O)C(F)(F)F. The molecule has 0 saturated heterocycles. The first-order chi connectivity index (χ1) is 22.0. The number of alkyl halides is 3. The fourth-order valence-corrected chi connectivity index (χ4v) is 4.63. The van der Waals surface area contributed by atoms with Gasteiger partial charge in [0.05, 0.1) is 22.9 Å². The molecule has 230 valence electrons. The van der Waals surface area contributed by atoms with Gasteiger partial charge in [0.25, 0.3) is 0 Å². The number of aliphatic carboxylic acids is 1. The number of hydrogen-bond donors (Lipinski definition) is 2. The Bertz CT molecular complexity index is 2170. The summed E-state index contributed by atoms with van der Waals surface area (Å²) >= 11 is 0. The van der Waals surface area contributed by atoms with E-state index in [2.05, 4.69) is 54.7 Å². The molecule has 0 bridgehead atoms. The zero-order valence-corrected chi connectivity index (χ0v) is 24.3. The summed E-state index contributed by atoms with van der Waals surface area (Å²) in [6.45, 7) is 1.95. The number of aryl methyl sites for hydroxylation is 2. The van der Waals surface area contributed by atoms with Gasteiger partial charge in [0.2, 0.25) is 5.95 Å². The van der Waals surface area contributed by atoms with Crippen molar-refractivity contribution in [3.05, 3.63) is 103 Å². The fourth-order valence-electron chi connectivity index (χ4n) is 4.63. The zero-order valence-electron chi connectivity index (χ0n) is 24.3. The number of aromatic nitrogens is 8. The lowest BCUT2D eigenvalue weighted by Gasteiger charge is -2.10. The van der Waals surface area contributed by atoms with Crippen LogP contribution in [0.4, 0.5) is 24.8 Å². The first kappa shape index (κ1) is 29.9. The smallest absolute Gasteiger partial charge is 0.475 e. The molecule has 0 amide bonds. The normalized spacial score (nSPS) is 11.3. The third-order valence-corrected chi connectivity index (χ3v) is 6.96. The van der Waals surface area contributed by atoms with E-state index in [0.29, 0.717) is 11.8 Å². The number of benzene rings is 3. The molecule has 7 rings (SSSR count). The maximum atomic E-state index is 10.6. The standard InChI is InChI=1S/C30H23N9.C2HF3O2/c1-19-6-7-22(16-31-19)29-33-18-39(37-29)25-11-9-24(10-12-25)35-30-32-15-21-4-3-5-26(28(21)36-30)20-8-13-27-23(14-20)17-34-38(27)2;3-2(4,5)1(6)7/h3-18H,1-2H3,(H,32,35,36);(H,6,7). The van der Waals surface area contributed by atoms with Crippen LogP contribution < -0.4 is 5.32 Å². The monoisotopic (exact) mass is 623 g/mol. The van der Waals surface area contributed by atoms with Crippen molar-refractivity contribution in [3.63, 3.8) is 0 Å². The lowest BCUT2D eigenvalue weighted by molar-refractivity contribution is -0.192. The Morgan fingerprint density at radius 1 is 0.870 bits per heavy atom. The van der Waals surface area contributed by atoms with Crippen LogP contribution in [0, 0.1) is 6.92 Å². The Kier molecular flexibility index (Phi) is 7.84. The largest absolute Gasteiger partial charge is 0.490 e. The van der Waals surface area contributed by atoms with Crippen LogP contribution >= 0.6 is 0 Å². The minimum absolute atomic E-state index is 0.528. The predicted octanol–water partition coefficient (Wildman–Crippen LogP) is 6.51. The molecular weight excluding hydrogens is 599 g/mol. The van der Waals surface area contributed by atoms with Gasteiger partial charge in [0.15, 0.2) is 5.82 Å². The molecule has 0 aliphatic carbocycles. The highest BCUT2D eigenvalue weighted by molar-refractivity contribution is 5.96. The fraction of sp³-hybridized carbons (Fsp3) is 0.0938. The van der Waals surface area contributed by atoms with Crippen molar-refractivity contribution in [1.29, 1.82) is 0 Å². The molecule has 0 saturated carbocycles. The van der Waals surface area contributed by atoms with Crippen molar-refractivity contribution < 1.29 is 23.1 Å². The number of fused-ring (bicyclic) bond motifs is 2. The molecule has 4 heterocycles. The van der Waals surface area contributed by atoms with Gasteiger partial charge in [-0.2, -0.15) is 18.3 Å². The first-order valence-electron chi connectivity index (χ1n) is 13.8. The van der Waals surface area contributed by atoms with E-state index in [-0.39, 0.29) is 0 Å². The van der Waals surface area contributed by atoms with E-state index >= 15 is 0 Å². The summed E-state index contributed by atoms with van der Waals surface area (Å²) in [5, 5.41) is 21.5. The molecule has 0 aliphatic heterocycles. The lowest BCUT2D eigenvalue weighted by atomic mass is 10.0. The number of rotatable bonds is 5. The highest BCUT2D eigenvalue weighted by Crippen LogP contribution is 2.30. The average molecular weight is 624 g/mol. The van der Waals surface area contributed by atoms with Gasteiger partial charge >= 0.3 is 12.1 Å². The number of para-hydroxylation sites is 1. The number of halogens is 3. The molecule has 4 aromatic heterocycles. The zero-order chi connectivity index (χ0) is 32.4. The first-order valence-corrected chi connectivity index (χ1v) is 13.8. The number of pyridine rings is 1. The quantitative estimate of drug-likeness (QED) is 0.220. The molecule has 2 N–H and O–H groups in total. The number of carboxylic acid groups (broad SMARTS) is 1. The van der Waals surface area contributed by atoms with E-state index < -0.39 is 12.1 Å². The second-order valence-electron chi connectivity index (χ2n) is 10.2. The minimum Gasteiger partial charge on any atom is -0.475 e. The van der Waals surface area contributed by atoms with Gasteiger partial charge in [0, 0.05) is 52.7 Å². The van der Waals surface area contributed by atoms with E-state index in [4.69, 9.17) is 14.9 Å². The second kappa shape index (κ2) is 12.1. The Hall–Kier alpha value is -6.18. The van der Waals surface area contributed by atoms with Crippen LogP contribution in [0.15, 0.2) is 97.7 Å². The van der Waals surface area contributed by atoms with Crippen molar-refractivity contribution in [3.8, 4) is 28.2 Å². The minimum atomic E-state index is -5.08. The summed E-state index contributed by atoms with van der Waals surface area (Å²) < 4.78 is 35.4. The number of carboxylic acids is 1.